The van der Waals surface area contributed by atoms with Crippen molar-refractivity contribution < 1.29 is 24.2 Å². The fourth-order valence-corrected chi connectivity index (χ4v) is 3.88. The van der Waals surface area contributed by atoms with Crippen molar-refractivity contribution in [3.8, 4) is 5.75 Å². The third-order valence-corrected chi connectivity index (χ3v) is 5.87. The maximum absolute atomic E-state index is 13.4. The zero-order valence-electron chi connectivity index (χ0n) is 18.9. The molecule has 1 saturated heterocycles. The molecular weight excluding hydrogens is 408 g/mol. The molecule has 1 heterocycles. The first-order chi connectivity index (χ1) is 15.3. The predicted octanol–water partition coefficient (Wildman–Crippen LogP) is 2.81. The molecule has 0 aromatic heterocycles. The summed E-state index contributed by atoms with van der Waals surface area (Å²) in [6.45, 7) is 4.44. The second kappa shape index (κ2) is 10.1. The molecule has 1 fully saturated rings. The highest BCUT2D eigenvalue weighted by Crippen LogP contribution is 2.37. The molecule has 7 heteroatoms. The molecule has 7 nitrogen and oxygen atoms in total. The number of carbonyl (C=O) groups excluding carboxylic acids is 2. The summed E-state index contributed by atoms with van der Waals surface area (Å²) in [5.74, 6) is 0.515. The lowest BCUT2D eigenvalue weighted by Crippen LogP contribution is -2.46. The van der Waals surface area contributed by atoms with Gasteiger partial charge in [-0.15, -0.1) is 0 Å². The van der Waals surface area contributed by atoms with Crippen LogP contribution in [0.25, 0.3) is 0 Å². The summed E-state index contributed by atoms with van der Waals surface area (Å²) in [5.41, 5.74) is 1.11. The number of benzene rings is 2. The highest BCUT2D eigenvalue weighted by molar-refractivity contribution is 5.99. The van der Waals surface area contributed by atoms with Gasteiger partial charge >= 0.3 is 0 Å². The summed E-state index contributed by atoms with van der Waals surface area (Å²) in [6.07, 6.45) is 1.40. The van der Waals surface area contributed by atoms with Crippen LogP contribution in [0.2, 0.25) is 0 Å². The largest absolute Gasteiger partial charge is 0.497 e. The van der Waals surface area contributed by atoms with Gasteiger partial charge < -0.3 is 25.2 Å². The van der Waals surface area contributed by atoms with Gasteiger partial charge in [0.15, 0.2) is 0 Å². The summed E-state index contributed by atoms with van der Waals surface area (Å²) < 4.78 is 10.8. The van der Waals surface area contributed by atoms with E-state index in [1.807, 2.05) is 36.4 Å². The molecule has 1 aliphatic rings. The lowest BCUT2D eigenvalue weighted by atomic mass is 9.73. The van der Waals surface area contributed by atoms with Gasteiger partial charge in [-0.05, 0) is 62.1 Å². The second-order valence-electron chi connectivity index (χ2n) is 8.84. The summed E-state index contributed by atoms with van der Waals surface area (Å²) in [7, 11) is 1.62. The van der Waals surface area contributed by atoms with E-state index in [0.29, 0.717) is 31.7 Å². The lowest BCUT2D eigenvalue weighted by Gasteiger charge is -2.36. The molecule has 0 spiro atoms. The van der Waals surface area contributed by atoms with E-state index in [1.165, 1.54) is 0 Å². The van der Waals surface area contributed by atoms with E-state index in [4.69, 9.17) is 9.47 Å². The van der Waals surface area contributed by atoms with Gasteiger partial charge in [-0.3, -0.25) is 9.59 Å². The van der Waals surface area contributed by atoms with Crippen LogP contribution < -0.4 is 15.4 Å². The molecule has 0 aliphatic carbocycles. The number of nitrogens with one attached hydrogen (secondary N) is 2. The fraction of sp³-hybridized carbons (Fsp3) is 0.440. The molecule has 3 N–H and O–H groups in total. The normalized spacial score (nSPS) is 15.6. The molecular formula is C25H32N2O5. The number of ether oxygens (including phenoxy) is 2. The number of carbonyl (C=O) groups is 2. The van der Waals surface area contributed by atoms with Gasteiger partial charge in [0.25, 0.3) is 0 Å². The molecule has 2 amide bonds. The van der Waals surface area contributed by atoms with Crippen LogP contribution in [-0.2, 0) is 26.2 Å². The maximum Gasteiger partial charge on any atom is 0.235 e. The topological polar surface area (TPSA) is 96.9 Å². The van der Waals surface area contributed by atoms with E-state index >= 15 is 0 Å². The smallest absolute Gasteiger partial charge is 0.235 e. The van der Waals surface area contributed by atoms with Crippen molar-refractivity contribution in [1.82, 2.24) is 5.32 Å². The number of aliphatic hydroxyl groups excluding tert-OH is 1. The Labute approximate surface area is 189 Å². The third-order valence-electron chi connectivity index (χ3n) is 5.87. The van der Waals surface area contributed by atoms with Gasteiger partial charge in [0.1, 0.15) is 5.75 Å². The summed E-state index contributed by atoms with van der Waals surface area (Å²) >= 11 is 0. The number of aliphatic hydroxyl groups is 1. The van der Waals surface area contributed by atoms with E-state index in [0.717, 1.165) is 16.9 Å². The van der Waals surface area contributed by atoms with Gasteiger partial charge in [0.2, 0.25) is 11.8 Å². The zero-order valence-corrected chi connectivity index (χ0v) is 18.9. The van der Waals surface area contributed by atoms with Crippen LogP contribution in [-0.4, -0.2) is 49.4 Å². The Balaban J connectivity index is 1.70. The van der Waals surface area contributed by atoms with Gasteiger partial charge in [-0.25, -0.2) is 0 Å². The summed E-state index contributed by atoms with van der Waals surface area (Å²) in [6, 6.07) is 14.9. The predicted molar refractivity (Wildman–Crippen MR) is 123 cm³/mol. The number of rotatable bonds is 8. The van der Waals surface area contributed by atoms with Crippen molar-refractivity contribution in [2.45, 2.75) is 44.1 Å². The van der Waals surface area contributed by atoms with Gasteiger partial charge in [0, 0.05) is 18.9 Å². The third kappa shape index (κ3) is 5.66. The summed E-state index contributed by atoms with van der Waals surface area (Å²) in [5, 5.41) is 15.1. The van der Waals surface area contributed by atoms with Crippen LogP contribution in [0.15, 0.2) is 48.5 Å². The number of anilines is 1. The van der Waals surface area contributed by atoms with Crippen LogP contribution >= 0.6 is 0 Å². The molecule has 2 aromatic carbocycles. The quantitative estimate of drug-likeness (QED) is 0.587. The standard InChI is InChI=1S/C25H32N2O5/c1-24(2,17-28)27-22(29)16-18-4-8-20(9-5-18)26-23(30)25(12-14-32-15-13-25)19-6-10-21(31-3)11-7-19/h4-11,28H,12-17H2,1-3H3,(H,26,30)(H,27,29). The van der Waals surface area contributed by atoms with Crippen molar-refractivity contribution in [3.05, 3.63) is 59.7 Å². The molecule has 0 atom stereocenters. The SMILES string of the molecule is COc1ccc(C2(C(=O)Nc3ccc(CC(=O)NC(C)(C)CO)cc3)CCOCC2)cc1. The number of hydrogen-bond acceptors (Lipinski definition) is 5. The molecule has 0 bridgehead atoms. The minimum atomic E-state index is -0.668. The summed E-state index contributed by atoms with van der Waals surface area (Å²) in [4.78, 5) is 25.6. The van der Waals surface area contributed by atoms with Crippen LogP contribution in [0.3, 0.4) is 0 Å². The Hall–Kier alpha value is -2.90. The number of methoxy groups -OCH3 is 1. The molecule has 0 radical (unpaired) electrons. The lowest BCUT2D eigenvalue weighted by molar-refractivity contribution is -0.125. The zero-order chi connectivity index (χ0) is 23.2. The molecule has 1 aliphatic heterocycles. The first kappa shape index (κ1) is 23.8. The van der Waals surface area contributed by atoms with Crippen molar-refractivity contribution in [1.29, 1.82) is 0 Å². The Morgan fingerprint density at radius 3 is 2.25 bits per heavy atom. The first-order valence-corrected chi connectivity index (χ1v) is 10.8. The number of hydrogen-bond donors (Lipinski definition) is 3. The Morgan fingerprint density at radius 2 is 1.69 bits per heavy atom. The Kier molecular flexibility index (Phi) is 7.53. The fourth-order valence-electron chi connectivity index (χ4n) is 3.88. The molecule has 0 saturated carbocycles. The number of amides is 2. The molecule has 32 heavy (non-hydrogen) atoms. The van der Waals surface area contributed by atoms with E-state index in [-0.39, 0.29) is 24.8 Å². The van der Waals surface area contributed by atoms with Crippen molar-refractivity contribution in [2.24, 2.45) is 0 Å². The van der Waals surface area contributed by atoms with Crippen molar-refractivity contribution >= 4 is 17.5 Å². The first-order valence-electron chi connectivity index (χ1n) is 10.8. The second-order valence-corrected chi connectivity index (χ2v) is 8.84. The van der Waals surface area contributed by atoms with Gasteiger partial charge in [-0.1, -0.05) is 24.3 Å². The van der Waals surface area contributed by atoms with Gasteiger partial charge in [-0.2, -0.15) is 0 Å². The van der Waals surface area contributed by atoms with Crippen LogP contribution in [0, 0.1) is 0 Å². The minimum absolute atomic E-state index is 0.0684. The van der Waals surface area contributed by atoms with Crippen LogP contribution in [0.5, 0.6) is 5.75 Å². The monoisotopic (exact) mass is 440 g/mol. The highest BCUT2D eigenvalue weighted by Gasteiger charge is 2.41. The molecule has 2 aromatic rings. The maximum atomic E-state index is 13.4. The van der Waals surface area contributed by atoms with E-state index in [1.54, 1.807) is 33.1 Å². The van der Waals surface area contributed by atoms with E-state index in [2.05, 4.69) is 10.6 Å². The minimum Gasteiger partial charge on any atom is -0.497 e. The van der Waals surface area contributed by atoms with Crippen LogP contribution in [0.1, 0.15) is 37.8 Å². The highest BCUT2D eigenvalue weighted by atomic mass is 16.5. The van der Waals surface area contributed by atoms with Gasteiger partial charge in [0.05, 0.1) is 31.1 Å². The Morgan fingerprint density at radius 1 is 1.06 bits per heavy atom. The van der Waals surface area contributed by atoms with E-state index < -0.39 is 11.0 Å². The molecule has 0 unspecified atom stereocenters. The van der Waals surface area contributed by atoms with Crippen molar-refractivity contribution in [2.75, 3.05) is 32.2 Å². The average Bonchev–Trinajstić information content (AvgIpc) is 2.80. The van der Waals surface area contributed by atoms with E-state index in [9.17, 15) is 14.7 Å². The molecule has 172 valence electrons. The van der Waals surface area contributed by atoms with Crippen LogP contribution in [0.4, 0.5) is 5.69 Å². The molecule has 3 rings (SSSR count). The van der Waals surface area contributed by atoms with Crippen molar-refractivity contribution in [3.63, 3.8) is 0 Å². The Bertz CT molecular complexity index is 916. The average molecular weight is 441 g/mol.